The number of benzene rings is 1. The molecule has 21 heavy (non-hydrogen) atoms. The average Bonchev–Trinajstić information content (AvgIpc) is 2.40. The lowest BCUT2D eigenvalue weighted by Crippen LogP contribution is -2.39. The van der Waals surface area contributed by atoms with E-state index in [1.54, 1.807) is 12.1 Å². The van der Waals surface area contributed by atoms with E-state index in [4.69, 9.17) is 17.0 Å². The summed E-state index contributed by atoms with van der Waals surface area (Å²) < 4.78 is 6.54. The maximum absolute atomic E-state index is 12.3. The second kappa shape index (κ2) is 9.00. The molecule has 0 radical (unpaired) electrons. The van der Waals surface area contributed by atoms with Crippen molar-refractivity contribution in [2.24, 2.45) is 5.92 Å². The third-order valence-electron chi connectivity index (χ3n) is 2.70. The molecule has 1 aromatic rings. The molecule has 2 N–H and O–H groups in total. The molecule has 0 bridgehead atoms. The van der Waals surface area contributed by atoms with Crippen molar-refractivity contribution in [1.82, 2.24) is 10.6 Å². The van der Waals surface area contributed by atoms with Gasteiger partial charge in [-0.15, -0.1) is 0 Å². The van der Waals surface area contributed by atoms with Crippen molar-refractivity contribution in [3.05, 3.63) is 28.2 Å². The molecule has 0 aliphatic rings. The number of carbonyl (C=O) groups excluding carboxylic acids is 1. The highest BCUT2D eigenvalue weighted by molar-refractivity contribution is 9.10. The van der Waals surface area contributed by atoms with Crippen LogP contribution in [0.15, 0.2) is 22.7 Å². The van der Waals surface area contributed by atoms with E-state index in [0.717, 1.165) is 10.9 Å². The minimum Gasteiger partial charge on any atom is -0.493 e. The molecule has 0 aliphatic carbocycles. The van der Waals surface area contributed by atoms with Gasteiger partial charge in [0.05, 0.1) is 12.2 Å². The van der Waals surface area contributed by atoms with Gasteiger partial charge in [0.1, 0.15) is 5.75 Å². The zero-order valence-electron chi connectivity index (χ0n) is 12.5. The maximum Gasteiger partial charge on any atom is 0.261 e. The first-order chi connectivity index (χ1) is 9.93. The number of amides is 1. The van der Waals surface area contributed by atoms with Crippen LogP contribution in [0.1, 0.15) is 37.6 Å². The van der Waals surface area contributed by atoms with Gasteiger partial charge in [0, 0.05) is 11.0 Å². The maximum atomic E-state index is 12.3. The molecule has 1 aromatic carbocycles. The lowest BCUT2D eigenvalue weighted by Gasteiger charge is -2.13. The average molecular weight is 373 g/mol. The highest BCUT2D eigenvalue weighted by Gasteiger charge is 2.14. The van der Waals surface area contributed by atoms with Crippen molar-refractivity contribution in [1.29, 1.82) is 0 Å². The van der Waals surface area contributed by atoms with Crippen LogP contribution in [0.4, 0.5) is 0 Å². The van der Waals surface area contributed by atoms with Crippen LogP contribution in [-0.4, -0.2) is 24.2 Å². The Hall–Kier alpha value is -1.14. The Morgan fingerprint density at radius 1 is 1.43 bits per heavy atom. The van der Waals surface area contributed by atoms with Gasteiger partial charge in [-0.1, -0.05) is 29.8 Å². The SMILES string of the molecule is CCNC(=S)NC(=O)c1cc(Br)ccc1OCCC(C)C. The van der Waals surface area contributed by atoms with Crippen LogP contribution < -0.4 is 15.4 Å². The molecule has 0 aliphatic heterocycles. The van der Waals surface area contributed by atoms with E-state index in [-0.39, 0.29) is 5.91 Å². The van der Waals surface area contributed by atoms with Crippen LogP contribution in [0.25, 0.3) is 0 Å². The predicted octanol–water partition coefficient (Wildman–Crippen LogP) is 3.50. The molecule has 0 saturated carbocycles. The highest BCUT2D eigenvalue weighted by Crippen LogP contribution is 2.23. The van der Waals surface area contributed by atoms with E-state index in [0.29, 0.717) is 35.5 Å². The Labute approximate surface area is 139 Å². The van der Waals surface area contributed by atoms with Gasteiger partial charge >= 0.3 is 0 Å². The van der Waals surface area contributed by atoms with E-state index in [1.165, 1.54) is 0 Å². The lowest BCUT2D eigenvalue weighted by molar-refractivity contribution is 0.0972. The number of rotatable bonds is 6. The van der Waals surface area contributed by atoms with Crippen LogP contribution in [0, 0.1) is 5.92 Å². The van der Waals surface area contributed by atoms with Gasteiger partial charge in [-0.2, -0.15) is 0 Å². The van der Waals surface area contributed by atoms with Crippen molar-refractivity contribution < 1.29 is 9.53 Å². The molecule has 0 spiro atoms. The van der Waals surface area contributed by atoms with E-state index in [9.17, 15) is 4.79 Å². The number of carbonyl (C=O) groups is 1. The van der Waals surface area contributed by atoms with Crippen LogP contribution in [-0.2, 0) is 0 Å². The van der Waals surface area contributed by atoms with Crippen molar-refractivity contribution in [3.63, 3.8) is 0 Å². The molecular formula is C15H21BrN2O2S. The Balaban J connectivity index is 2.80. The summed E-state index contributed by atoms with van der Waals surface area (Å²) in [5, 5.41) is 5.85. The summed E-state index contributed by atoms with van der Waals surface area (Å²) in [4.78, 5) is 12.3. The van der Waals surface area contributed by atoms with Crippen molar-refractivity contribution in [2.45, 2.75) is 27.2 Å². The lowest BCUT2D eigenvalue weighted by atomic mass is 10.1. The second-order valence-electron chi connectivity index (χ2n) is 4.99. The molecule has 0 heterocycles. The summed E-state index contributed by atoms with van der Waals surface area (Å²) in [5.41, 5.74) is 0.466. The highest BCUT2D eigenvalue weighted by atomic mass is 79.9. The molecule has 0 unspecified atom stereocenters. The van der Waals surface area contributed by atoms with Gasteiger partial charge in [-0.3, -0.25) is 10.1 Å². The zero-order valence-corrected chi connectivity index (χ0v) is 14.9. The third-order valence-corrected chi connectivity index (χ3v) is 3.44. The zero-order chi connectivity index (χ0) is 15.8. The van der Waals surface area contributed by atoms with E-state index in [1.807, 2.05) is 13.0 Å². The van der Waals surface area contributed by atoms with E-state index >= 15 is 0 Å². The molecule has 116 valence electrons. The minimum absolute atomic E-state index is 0.276. The fourth-order valence-corrected chi connectivity index (χ4v) is 2.18. The first-order valence-corrected chi connectivity index (χ1v) is 8.15. The number of hydrogen-bond acceptors (Lipinski definition) is 3. The Morgan fingerprint density at radius 3 is 2.76 bits per heavy atom. The minimum atomic E-state index is -0.276. The number of nitrogens with one attached hydrogen (secondary N) is 2. The Morgan fingerprint density at radius 2 is 2.14 bits per heavy atom. The molecule has 0 aromatic heterocycles. The van der Waals surface area contributed by atoms with Crippen molar-refractivity contribution in [3.8, 4) is 5.75 Å². The standard InChI is InChI=1S/C15H21BrN2O2S/c1-4-17-15(21)18-14(19)12-9-11(16)5-6-13(12)20-8-7-10(2)3/h5-6,9-10H,4,7-8H2,1-3H3,(H2,17,18,19,21). The number of ether oxygens (including phenoxy) is 1. The normalized spacial score (nSPS) is 10.3. The van der Waals surface area contributed by atoms with Crippen LogP contribution in [0.2, 0.25) is 0 Å². The summed E-state index contributed by atoms with van der Waals surface area (Å²) in [6, 6.07) is 5.37. The molecule has 4 nitrogen and oxygen atoms in total. The number of hydrogen-bond donors (Lipinski definition) is 2. The van der Waals surface area contributed by atoms with Crippen LogP contribution >= 0.6 is 28.1 Å². The van der Waals surface area contributed by atoms with Gasteiger partial charge in [0.25, 0.3) is 5.91 Å². The summed E-state index contributed by atoms with van der Waals surface area (Å²) in [5.74, 6) is 0.844. The summed E-state index contributed by atoms with van der Waals surface area (Å²) in [6.07, 6.45) is 0.937. The molecular weight excluding hydrogens is 352 g/mol. The topological polar surface area (TPSA) is 50.4 Å². The van der Waals surface area contributed by atoms with Crippen molar-refractivity contribution >= 4 is 39.2 Å². The molecule has 0 atom stereocenters. The monoisotopic (exact) mass is 372 g/mol. The van der Waals surface area contributed by atoms with Gasteiger partial charge in [0.2, 0.25) is 0 Å². The van der Waals surface area contributed by atoms with E-state index in [2.05, 4.69) is 40.4 Å². The molecule has 1 amide bonds. The summed E-state index contributed by atoms with van der Waals surface area (Å²) in [6.45, 7) is 7.42. The fraction of sp³-hybridized carbons (Fsp3) is 0.467. The van der Waals surface area contributed by atoms with Gasteiger partial charge in [-0.05, 0) is 49.7 Å². The number of halogens is 1. The molecule has 6 heteroatoms. The van der Waals surface area contributed by atoms with Crippen LogP contribution in [0.5, 0.6) is 5.75 Å². The van der Waals surface area contributed by atoms with E-state index < -0.39 is 0 Å². The fourth-order valence-electron chi connectivity index (χ4n) is 1.59. The molecule has 0 fully saturated rings. The van der Waals surface area contributed by atoms with Gasteiger partial charge < -0.3 is 10.1 Å². The summed E-state index contributed by atoms with van der Waals surface area (Å²) >= 11 is 8.40. The van der Waals surface area contributed by atoms with Crippen molar-refractivity contribution in [2.75, 3.05) is 13.2 Å². The first kappa shape index (κ1) is 17.9. The number of thiocarbonyl (C=S) groups is 1. The quantitative estimate of drug-likeness (QED) is 0.750. The largest absolute Gasteiger partial charge is 0.493 e. The predicted molar refractivity (Wildman–Crippen MR) is 92.8 cm³/mol. The summed E-state index contributed by atoms with van der Waals surface area (Å²) in [7, 11) is 0. The van der Waals surface area contributed by atoms with Gasteiger partial charge in [0.15, 0.2) is 5.11 Å². The first-order valence-electron chi connectivity index (χ1n) is 6.95. The molecule has 1 rings (SSSR count). The van der Waals surface area contributed by atoms with Gasteiger partial charge in [-0.25, -0.2) is 0 Å². The third kappa shape index (κ3) is 6.44. The Kier molecular flexibility index (Phi) is 7.67. The molecule has 0 saturated heterocycles. The van der Waals surface area contributed by atoms with Crippen LogP contribution in [0.3, 0.4) is 0 Å². The second-order valence-corrected chi connectivity index (χ2v) is 6.31. The Bertz CT molecular complexity index is 506. The smallest absolute Gasteiger partial charge is 0.261 e.